The van der Waals surface area contributed by atoms with Crippen molar-refractivity contribution in [2.45, 2.75) is 33.4 Å². The number of nitrogens with zero attached hydrogens (tertiary/aromatic N) is 4. The van der Waals surface area contributed by atoms with Crippen molar-refractivity contribution in [3.05, 3.63) is 54.6 Å². The molecule has 48 heavy (non-hydrogen) atoms. The van der Waals surface area contributed by atoms with Crippen molar-refractivity contribution < 1.29 is 53.0 Å². The molecular formula is C27H27N5O12S4. The van der Waals surface area contributed by atoms with Crippen molar-refractivity contribution in [3.8, 4) is 11.5 Å². The van der Waals surface area contributed by atoms with E-state index in [1.807, 2.05) is 0 Å². The Morgan fingerprint density at radius 3 is 1.69 bits per heavy atom. The Labute approximate surface area is 275 Å². The molecule has 0 amide bonds. The van der Waals surface area contributed by atoms with E-state index in [9.17, 15) is 53.0 Å². The standard InChI is InChI=1S/C27H27N5O12S4/c1-4-45(35,36)15-6-9-19(23(13-15)47(39,40)41)29-32-25-17-7-11-21(26(33)18(17)8-10-20(25)28-3)30-31-22-12-16(46(37,38)5-2)14-24(27(22)34)48(42,43)44/h6-14,28,33-34H,4-5H2,1-3H3,(H,39,40,41)(H,42,43,44)/b31-30+,32-29+. The number of aromatic hydroxyl groups is 2. The second-order valence-electron chi connectivity index (χ2n) is 9.82. The molecule has 4 aromatic rings. The first kappa shape index (κ1) is 36.3. The topological polar surface area (TPSA) is 279 Å². The molecule has 4 rings (SSSR count). The van der Waals surface area contributed by atoms with Gasteiger partial charge < -0.3 is 15.5 Å². The van der Waals surface area contributed by atoms with Crippen molar-refractivity contribution >= 4 is 79.1 Å². The Morgan fingerprint density at radius 1 is 0.583 bits per heavy atom. The molecule has 0 atom stereocenters. The van der Waals surface area contributed by atoms with E-state index in [-0.39, 0.29) is 32.8 Å². The first-order valence-corrected chi connectivity index (χ1v) is 19.6. The maximum absolute atomic E-state index is 12.4. The number of sulfone groups is 2. The lowest BCUT2D eigenvalue weighted by Gasteiger charge is -2.11. The number of benzene rings is 4. The summed E-state index contributed by atoms with van der Waals surface area (Å²) in [5.41, 5.74) is -0.870. The van der Waals surface area contributed by atoms with Gasteiger partial charge in [-0.25, -0.2) is 16.8 Å². The summed E-state index contributed by atoms with van der Waals surface area (Å²) in [6, 6.07) is 9.90. The molecular weight excluding hydrogens is 715 g/mol. The highest BCUT2D eigenvalue weighted by Crippen LogP contribution is 2.44. The number of hydrogen-bond donors (Lipinski definition) is 5. The average Bonchev–Trinajstić information content (AvgIpc) is 3.02. The molecule has 21 heteroatoms. The molecule has 0 saturated heterocycles. The van der Waals surface area contributed by atoms with Crippen molar-refractivity contribution in [3.63, 3.8) is 0 Å². The highest BCUT2D eigenvalue weighted by atomic mass is 32.2. The number of azo groups is 2. The van der Waals surface area contributed by atoms with Gasteiger partial charge in [0.15, 0.2) is 31.2 Å². The van der Waals surface area contributed by atoms with Crippen LogP contribution in [0.15, 0.2) is 94.6 Å². The van der Waals surface area contributed by atoms with Crippen molar-refractivity contribution in [1.82, 2.24) is 0 Å². The van der Waals surface area contributed by atoms with Gasteiger partial charge in [0.05, 0.1) is 27.0 Å². The molecule has 0 aromatic heterocycles. The van der Waals surface area contributed by atoms with Crippen LogP contribution in [0.1, 0.15) is 13.8 Å². The largest absolute Gasteiger partial charge is 0.505 e. The summed E-state index contributed by atoms with van der Waals surface area (Å²) in [5.74, 6) is -2.37. The van der Waals surface area contributed by atoms with Gasteiger partial charge in [0.2, 0.25) is 0 Å². The summed E-state index contributed by atoms with van der Waals surface area (Å²) < 4.78 is 116. The number of rotatable bonds is 11. The van der Waals surface area contributed by atoms with Crippen LogP contribution >= 0.6 is 0 Å². The van der Waals surface area contributed by atoms with Gasteiger partial charge in [-0.3, -0.25) is 9.11 Å². The van der Waals surface area contributed by atoms with Crippen LogP contribution in [-0.2, 0) is 39.9 Å². The predicted octanol–water partition coefficient (Wildman–Crippen LogP) is 5.20. The van der Waals surface area contributed by atoms with Gasteiger partial charge in [0.1, 0.15) is 32.5 Å². The van der Waals surface area contributed by atoms with E-state index in [0.29, 0.717) is 11.8 Å². The van der Waals surface area contributed by atoms with Crippen LogP contribution in [0.5, 0.6) is 11.5 Å². The number of phenols is 2. The third-order valence-corrected chi connectivity index (χ3v) is 12.1. The lowest BCUT2D eigenvalue weighted by Crippen LogP contribution is -2.06. The van der Waals surface area contributed by atoms with Crippen LogP contribution < -0.4 is 5.32 Å². The van der Waals surface area contributed by atoms with E-state index in [1.165, 1.54) is 45.2 Å². The summed E-state index contributed by atoms with van der Waals surface area (Å²) in [7, 11) is -16.4. The lowest BCUT2D eigenvalue weighted by atomic mass is 10.1. The second kappa shape index (κ2) is 13.2. The molecule has 0 aliphatic carbocycles. The first-order chi connectivity index (χ1) is 22.2. The van der Waals surface area contributed by atoms with Gasteiger partial charge in [-0.15, -0.1) is 20.5 Å². The summed E-state index contributed by atoms with van der Waals surface area (Å²) in [5, 5.41) is 40.3. The van der Waals surface area contributed by atoms with E-state index in [2.05, 4.69) is 25.8 Å². The first-order valence-electron chi connectivity index (χ1n) is 13.5. The van der Waals surface area contributed by atoms with E-state index >= 15 is 0 Å². The molecule has 256 valence electrons. The fourth-order valence-electron chi connectivity index (χ4n) is 4.30. The molecule has 0 spiro atoms. The van der Waals surface area contributed by atoms with Crippen molar-refractivity contribution in [2.24, 2.45) is 20.5 Å². The van der Waals surface area contributed by atoms with Gasteiger partial charge in [-0.1, -0.05) is 13.8 Å². The number of hydrogen-bond acceptors (Lipinski definition) is 15. The highest BCUT2D eigenvalue weighted by molar-refractivity contribution is 7.91. The predicted molar refractivity (Wildman–Crippen MR) is 173 cm³/mol. The number of anilines is 1. The zero-order valence-corrected chi connectivity index (χ0v) is 28.4. The molecule has 17 nitrogen and oxygen atoms in total. The summed E-state index contributed by atoms with van der Waals surface area (Å²) in [4.78, 5) is -2.86. The molecule has 0 aliphatic heterocycles. The fraction of sp³-hybridized carbons (Fsp3) is 0.185. The Hall–Kier alpha value is -4.54. The minimum absolute atomic E-state index is 0.0632. The monoisotopic (exact) mass is 741 g/mol. The maximum Gasteiger partial charge on any atom is 0.298 e. The van der Waals surface area contributed by atoms with E-state index in [4.69, 9.17) is 0 Å². The van der Waals surface area contributed by atoms with Gasteiger partial charge in [-0.05, 0) is 54.6 Å². The molecule has 5 N–H and O–H groups in total. The number of fused-ring (bicyclic) bond motifs is 1. The Kier molecular flexibility index (Phi) is 9.96. The van der Waals surface area contributed by atoms with Crippen LogP contribution in [0.2, 0.25) is 0 Å². The maximum atomic E-state index is 12.4. The normalized spacial score (nSPS) is 13.1. The molecule has 0 fully saturated rings. The van der Waals surface area contributed by atoms with Crippen molar-refractivity contribution in [1.29, 1.82) is 0 Å². The molecule has 0 unspecified atom stereocenters. The Morgan fingerprint density at radius 2 is 1.10 bits per heavy atom. The molecule has 0 heterocycles. The summed E-state index contributed by atoms with van der Waals surface area (Å²) >= 11 is 0. The van der Waals surface area contributed by atoms with Crippen LogP contribution in [-0.4, -0.2) is 71.5 Å². The lowest BCUT2D eigenvalue weighted by molar-refractivity contribution is 0.443. The highest BCUT2D eigenvalue weighted by Gasteiger charge is 2.25. The zero-order valence-electron chi connectivity index (χ0n) is 25.1. The van der Waals surface area contributed by atoms with E-state index < -0.39 is 83.2 Å². The zero-order chi connectivity index (χ0) is 35.8. The van der Waals surface area contributed by atoms with Gasteiger partial charge >= 0.3 is 0 Å². The van der Waals surface area contributed by atoms with Gasteiger partial charge in [-0.2, -0.15) is 16.8 Å². The molecule has 0 saturated carbocycles. The van der Waals surface area contributed by atoms with E-state index in [1.54, 1.807) is 0 Å². The number of phenolic OH excluding ortho intramolecular Hbond substituents is 2. The molecule has 0 aliphatic rings. The van der Waals surface area contributed by atoms with E-state index in [0.717, 1.165) is 24.3 Å². The molecule has 0 radical (unpaired) electrons. The molecule has 0 bridgehead atoms. The Bertz CT molecular complexity index is 2460. The van der Waals surface area contributed by atoms with Crippen molar-refractivity contribution in [2.75, 3.05) is 23.9 Å². The minimum Gasteiger partial charge on any atom is -0.505 e. The summed E-state index contributed by atoms with van der Waals surface area (Å²) in [6.07, 6.45) is 0. The minimum atomic E-state index is -5.09. The van der Waals surface area contributed by atoms with Crippen LogP contribution in [0.3, 0.4) is 0 Å². The average molecular weight is 742 g/mol. The Balaban J connectivity index is 1.85. The SMILES string of the molecule is CCS(=O)(=O)c1ccc(/N=N/c2c(NC)ccc3c(O)c(/N=N/c4cc(S(=O)(=O)CC)cc(S(=O)(=O)O)c4O)ccc23)c(S(=O)(=O)O)c1. The van der Waals surface area contributed by atoms with Crippen LogP contribution in [0, 0.1) is 0 Å². The fourth-order valence-corrected chi connectivity index (χ4v) is 7.55. The quantitative estimate of drug-likeness (QED) is 0.0977. The summed E-state index contributed by atoms with van der Waals surface area (Å²) in [6.45, 7) is 2.65. The second-order valence-corrected chi connectivity index (χ2v) is 17.2. The molecule has 4 aromatic carbocycles. The van der Waals surface area contributed by atoms with Crippen LogP contribution in [0.4, 0.5) is 28.4 Å². The van der Waals surface area contributed by atoms with Crippen LogP contribution in [0.25, 0.3) is 10.8 Å². The third kappa shape index (κ3) is 7.29. The number of nitrogens with one attached hydrogen (secondary N) is 1. The smallest absolute Gasteiger partial charge is 0.298 e. The van der Waals surface area contributed by atoms with Gasteiger partial charge in [0.25, 0.3) is 20.2 Å². The third-order valence-electron chi connectivity index (χ3n) is 6.91. The van der Waals surface area contributed by atoms with Gasteiger partial charge in [0, 0.05) is 17.8 Å².